The largest absolute Gasteiger partial charge is 0.281 e. The molecule has 0 radical (unpaired) electrons. The van der Waals surface area contributed by atoms with Gasteiger partial charge >= 0.3 is 0 Å². The van der Waals surface area contributed by atoms with E-state index in [1.54, 1.807) is 23.7 Å². The number of benzene rings is 1. The van der Waals surface area contributed by atoms with Crippen molar-refractivity contribution in [3.05, 3.63) is 44.4 Å². The van der Waals surface area contributed by atoms with Crippen molar-refractivity contribution in [2.24, 2.45) is 0 Å². The fourth-order valence-corrected chi connectivity index (χ4v) is 4.92. The van der Waals surface area contributed by atoms with Gasteiger partial charge in [-0.3, -0.25) is 9.12 Å². The normalized spacial score (nSPS) is 12.0. The Labute approximate surface area is 142 Å². The highest BCUT2D eigenvalue weighted by atomic mass is 79.9. The molecule has 0 bridgehead atoms. The molecular formula is C11H6BrCl2N3O2S2. The number of thiazole rings is 1. The summed E-state index contributed by atoms with van der Waals surface area (Å²) in [5.74, 6) is 0. The van der Waals surface area contributed by atoms with Crippen molar-refractivity contribution in [2.75, 3.05) is 4.72 Å². The van der Waals surface area contributed by atoms with Crippen LogP contribution in [0.25, 0.3) is 4.96 Å². The molecule has 0 spiro atoms. The van der Waals surface area contributed by atoms with Gasteiger partial charge in [0.2, 0.25) is 0 Å². The van der Waals surface area contributed by atoms with Crippen LogP contribution in [0.1, 0.15) is 0 Å². The zero-order valence-electron chi connectivity index (χ0n) is 10.0. The molecule has 0 aliphatic heterocycles. The van der Waals surface area contributed by atoms with Crippen molar-refractivity contribution in [1.82, 2.24) is 9.38 Å². The van der Waals surface area contributed by atoms with Crippen LogP contribution in [-0.4, -0.2) is 17.8 Å². The Morgan fingerprint density at radius 1 is 1.33 bits per heavy atom. The Morgan fingerprint density at radius 2 is 2.10 bits per heavy atom. The summed E-state index contributed by atoms with van der Waals surface area (Å²) in [6.07, 6.45) is 1.60. The molecule has 0 aliphatic carbocycles. The number of hydrogen-bond donors (Lipinski definition) is 1. The monoisotopic (exact) mass is 425 g/mol. The van der Waals surface area contributed by atoms with Crippen LogP contribution in [0.15, 0.2) is 39.3 Å². The Balaban J connectivity index is 2.10. The average Bonchev–Trinajstić information content (AvgIpc) is 2.92. The highest BCUT2D eigenvalue weighted by Crippen LogP contribution is 2.31. The van der Waals surface area contributed by atoms with Gasteiger partial charge in [-0.2, -0.15) is 8.42 Å². The van der Waals surface area contributed by atoms with Crippen molar-refractivity contribution in [2.45, 2.75) is 5.03 Å². The summed E-state index contributed by atoms with van der Waals surface area (Å²) < 4.78 is 29.5. The highest BCUT2D eigenvalue weighted by molar-refractivity contribution is 9.10. The third-order valence-corrected chi connectivity index (χ3v) is 6.05. The maximum absolute atomic E-state index is 12.5. The molecule has 10 heteroatoms. The zero-order valence-corrected chi connectivity index (χ0v) is 14.8. The number of rotatable bonds is 3. The molecule has 0 fully saturated rings. The smallest absolute Gasteiger partial charge is 0.278 e. The van der Waals surface area contributed by atoms with Gasteiger partial charge in [0.15, 0.2) is 15.1 Å². The average molecular weight is 427 g/mol. The number of halogens is 3. The van der Waals surface area contributed by atoms with E-state index in [0.717, 1.165) is 0 Å². The van der Waals surface area contributed by atoms with Crippen molar-refractivity contribution < 1.29 is 8.42 Å². The number of aromatic nitrogens is 2. The van der Waals surface area contributed by atoms with E-state index >= 15 is 0 Å². The summed E-state index contributed by atoms with van der Waals surface area (Å²) in [5, 5.41) is 1.96. The van der Waals surface area contributed by atoms with Crippen molar-refractivity contribution in [3.63, 3.8) is 0 Å². The predicted octanol–water partition coefficient (Wildman–Crippen LogP) is 4.27. The SMILES string of the molecule is O=S(=O)(Nc1cc(Cl)ccc1Br)c1c(Cl)nc2sccn12. The van der Waals surface area contributed by atoms with Gasteiger partial charge in [0.05, 0.1) is 5.69 Å². The van der Waals surface area contributed by atoms with Crippen LogP contribution in [0.5, 0.6) is 0 Å². The lowest BCUT2D eigenvalue weighted by Gasteiger charge is -2.09. The van der Waals surface area contributed by atoms with E-state index in [4.69, 9.17) is 23.2 Å². The molecule has 0 saturated heterocycles. The first-order valence-electron chi connectivity index (χ1n) is 5.47. The molecule has 0 atom stereocenters. The van der Waals surface area contributed by atoms with Crippen LogP contribution < -0.4 is 4.72 Å². The molecule has 3 aromatic rings. The number of nitrogens with one attached hydrogen (secondary N) is 1. The summed E-state index contributed by atoms with van der Waals surface area (Å²) >= 11 is 16.4. The molecule has 1 N–H and O–H groups in total. The van der Waals surface area contributed by atoms with Gasteiger partial charge < -0.3 is 0 Å². The molecule has 5 nitrogen and oxygen atoms in total. The van der Waals surface area contributed by atoms with Crippen molar-refractivity contribution >= 4 is 71.1 Å². The van der Waals surface area contributed by atoms with Gasteiger partial charge in [-0.25, -0.2) is 4.98 Å². The Hall–Kier alpha value is -0.800. The number of sulfonamides is 1. The third kappa shape index (κ3) is 2.78. The molecule has 0 amide bonds. The molecule has 2 aromatic heterocycles. The molecule has 110 valence electrons. The van der Waals surface area contributed by atoms with Gasteiger partial charge in [0.25, 0.3) is 10.0 Å². The first kappa shape index (κ1) is 15.1. The molecular weight excluding hydrogens is 421 g/mol. The topological polar surface area (TPSA) is 63.5 Å². The predicted molar refractivity (Wildman–Crippen MR) is 88.0 cm³/mol. The standard InChI is InChI=1S/C11H6BrCl2N3O2S2/c12-7-2-1-6(13)5-8(7)16-21(18,19)10-9(14)15-11-17(10)3-4-20-11/h1-5,16H. The minimum absolute atomic E-state index is 0.0764. The molecule has 0 saturated carbocycles. The number of fused-ring (bicyclic) bond motifs is 1. The zero-order chi connectivity index (χ0) is 15.2. The minimum Gasteiger partial charge on any atom is -0.278 e. The van der Waals surface area contributed by atoms with Crippen LogP contribution in [0.2, 0.25) is 10.2 Å². The number of hydrogen-bond acceptors (Lipinski definition) is 4. The summed E-state index contributed by atoms with van der Waals surface area (Å²) in [7, 11) is -3.90. The van der Waals surface area contributed by atoms with E-state index in [1.165, 1.54) is 21.8 Å². The minimum atomic E-state index is -3.90. The molecule has 0 unspecified atom stereocenters. The van der Waals surface area contributed by atoms with E-state index in [9.17, 15) is 8.42 Å². The van der Waals surface area contributed by atoms with E-state index in [1.807, 2.05) is 0 Å². The summed E-state index contributed by atoms with van der Waals surface area (Å²) in [5.41, 5.74) is 0.323. The Bertz CT molecular complexity index is 936. The molecule has 0 aliphatic rings. The van der Waals surface area contributed by atoms with Crippen LogP contribution in [0.3, 0.4) is 0 Å². The molecule has 3 rings (SSSR count). The lowest BCUT2D eigenvalue weighted by molar-refractivity contribution is 0.596. The molecule has 21 heavy (non-hydrogen) atoms. The van der Waals surface area contributed by atoms with Crippen molar-refractivity contribution in [3.8, 4) is 0 Å². The van der Waals surface area contributed by atoms with E-state index in [0.29, 0.717) is 20.1 Å². The first-order chi connectivity index (χ1) is 9.88. The van der Waals surface area contributed by atoms with Crippen LogP contribution in [0.4, 0.5) is 5.69 Å². The third-order valence-electron chi connectivity index (χ3n) is 2.61. The van der Waals surface area contributed by atoms with Gasteiger partial charge in [-0.05, 0) is 34.1 Å². The lowest BCUT2D eigenvalue weighted by Crippen LogP contribution is -2.15. The summed E-state index contributed by atoms with van der Waals surface area (Å²) in [4.78, 5) is 4.52. The van der Waals surface area contributed by atoms with E-state index in [2.05, 4.69) is 25.6 Å². The first-order valence-corrected chi connectivity index (χ1v) is 9.38. The maximum atomic E-state index is 12.5. The van der Waals surface area contributed by atoms with Gasteiger partial charge in [0, 0.05) is 21.1 Å². The lowest BCUT2D eigenvalue weighted by atomic mass is 10.3. The number of imidazole rings is 1. The second-order valence-electron chi connectivity index (χ2n) is 3.99. The highest BCUT2D eigenvalue weighted by Gasteiger charge is 2.25. The van der Waals surface area contributed by atoms with Crippen LogP contribution >= 0.6 is 50.5 Å². The Kier molecular flexibility index (Phi) is 3.91. The quantitative estimate of drug-likeness (QED) is 0.680. The van der Waals surface area contributed by atoms with Gasteiger partial charge in [-0.1, -0.05) is 23.2 Å². The maximum Gasteiger partial charge on any atom is 0.281 e. The van der Waals surface area contributed by atoms with Gasteiger partial charge in [-0.15, -0.1) is 11.3 Å². The fourth-order valence-electron chi connectivity index (χ4n) is 1.75. The summed E-state index contributed by atoms with van der Waals surface area (Å²) in [6, 6.07) is 4.80. The molecule has 1 aromatic carbocycles. The number of anilines is 1. The second-order valence-corrected chi connectivity index (χ2v) is 8.11. The fraction of sp³-hybridized carbons (Fsp3) is 0. The molecule has 2 heterocycles. The van der Waals surface area contributed by atoms with E-state index in [-0.39, 0.29) is 10.2 Å². The number of nitrogens with zero attached hydrogens (tertiary/aromatic N) is 2. The van der Waals surface area contributed by atoms with Crippen LogP contribution in [-0.2, 0) is 10.0 Å². The van der Waals surface area contributed by atoms with Crippen molar-refractivity contribution in [1.29, 1.82) is 0 Å². The Morgan fingerprint density at radius 3 is 2.86 bits per heavy atom. The summed E-state index contributed by atoms with van der Waals surface area (Å²) in [6.45, 7) is 0. The van der Waals surface area contributed by atoms with Gasteiger partial charge in [0.1, 0.15) is 0 Å². The van der Waals surface area contributed by atoms with Crippen LogP contribution in [0, 0.1) is 0 Å². The second kappa shape index (κ2) is 5.44. The van der Waals surface area contributed by atoms with E-state index < -0.39 is 10.0 Å².